The van der Waals surface area contributed by atoms with Gasteiger partial charge in [0.05, 0.1) is 5.25 Å². The van der Waals surface area contributed by atoms with Crippen LogP contribution in [0.5, 0.6) is 0 Å². The molecule has 5 heteroatoms. The van der Waals surface area contributed by atoms with Gasteiger partial charge in [0, 0.05) is 6.54 Å². The van der Waals surface area contributed by atoms with Gasteiger partial charge in [0.2, 0.25) is 10.0 Å². The summed E-state index contributed by atoms with van der Waals surface area (Å²) in [5.74, 6) is 0. The van der Waals surface area contributed by atoms with Crippen molar-refractivity contribution in [3.05, 3.63) is 0 Å². The number of hydrogen-bond donors (Lipinski definition) is 2. The third kappa shape index (κ3) is 6.12. The summed E-state index contributed by atoms with van der Waals surface area (Å²) in [6, 6.07) is 0. The Morgan fingerprint density at radius 3 is 2.27 bits per heavy atom. The van der Waals surface area contributed by atoms with Crippen molar-refractivity contribution in [2.24, 2.45) is 11.1 Å². The van der Waals surface area contributed by atoms with Gasteiger partial charge in [0.15, 0.2) is 0 Å². The Labute approximate surface area is 93.7 Å². The molecule has 0 aromatic heterocycles. The van der Waals surface area contributed by atoms with Crippen molar-refractivity contribution in [2.75, 3.05) is 13.1 Å². The first kappa shape index (κ1) is 14.9. The highest BCUT2D eigenvalue weighted by Crippen LogP contribution is 2.21. The average molecular weight is 236 g/mol. The van der Waals surface area contributed by atoms with E-state index in [1.165, 1.54) is 0 Å². The molecule has 0 spiro atoms. The molecule has 0 heterocycles. The van der Waals surface area contributed by atoms with Crippen molar-refractivity contribution >= 4 is 10.0 Å². The van der Waals surface area contributed by atoms with Gasteiger partial charge in [0.25, 0.3) is 0 Å². The standard InChI is InChI=1S/C10H24N2O2S/c1-9(2)15(13,14)12-8-10(3,4)6-5-7-11/h9,12H,5-8,11H2,1-4H3. The zero-order valence-electron chi connectivity index (χ0n) is 10.2. The molecule has 0 aliphatic heterocycles. The van der Waals surface area contributed by atoms with Gasteiger partial charge in [-0.2, -0.15) is 0 Å². The molecule has 0 aliphatic rings. The maximum Gasteiger partial charge on any atom is 0.213 e. The molecule has 0 amide bonds. The van der Waals surface area contributed by atoms with Crippen LogP contribution < -0.4 is 10.5 Å². The van der Waals surface area contributed by atoms with Crippen molar-refractivity contribution in [3.63, 3.8) is 0 Å². The van der Waals surface area contributed by atoms with Crippen LogP contribution >= 0.6 is 0 Å². The number of nitrogens with one attached hydrogen (secondary N) is 1. The molecule has 0 atom stereocenters. The zero-order valence-corrected chi connectivity index (χ0v) is 11.0. The first-order chi connectivity index (χ1) is 6.71. The van der Waals surface area contributed by atoms with E-state index in [9.17, 15) is 8.42 Å². The van der Waals surface area contributed by atoms with Crippen LogP contribution in [0.2, 0.25) is 0 Å². The first-order valence-electron chi connectivity index (χ1n) is 5.40. The molecule has 3 N–H and O–H groups in total. The van der Waals surface area contributed by atoms with Crippen LogP contribution in [0.25, 0.3) is 0 Å². The molecule has 0 aliphatic carbocycles. The summed E-state index contributed by atoms with van der Waals surface area (Å²) in [5, 5.41) is -0.372. The molecule has 0 saturated carbocycles. The lowest BCUT2D eigenvalue weighted by Gasteiger charge is -2.25. The van der Waals surface area contributed by atoms with Gasteiger partial charge in [-0.15, -0.1) is 0 Å². The fourth-order valence-corrected chi connectivity index (χ4v) is 2.06. The van der Waals surface area contributed by atoms with Crippen molar-refractivity contribution in [1.82, 2.24) is 4.72 Å². The maximum atomic E-state index is 11.5. The van der Waals surface area contributed by atoms with Crippen molar-refractivity contribution in [2.45, 2.75) is 45.8 Å². The SMILES string of the molecule is CC(C)S(=O)(=O)NCC(C)(C)CCCN. The fraction of sp³-hybridized carbons (Fsp3) is 1.00. The van der Waals surface area contributed by atoms with Crippen LogP contribution in [0, 0.1) is 5.41 Å². The molecule has 0 aromatic rings. The largest absolute Gasteiger partial charge is 0.330 e. The van der Waals surface area contributed by atoms with E-state index in [0.717, 1.165) is 12.8 Å². The molecule has 92 valence electrons. The van der Waals surface area contributed by atoms with Crippen LogP contribution in [-0.4, -0.2) is 26.8 Å². The predicted octanol–water partition coefficient (Wildman–Crippen LogP) is 1.08. The van der Waals surface area contributed by atoms with Gasteiger partial charge in [-0.1, -0.05) is 13.8 Å². The second-order valence-electron chi connectivity index (χ2n) is 4.97. The topological polar surface area (TPSA) is 72.2 Å². The molecule has 15 heavy (non-hydrogen) atoms. The summed E-state index contributed by atoms with van der Waals surface area (Å²) in [6.07, 6.45) is 1.86. The Balaban J connectivity index is 4.14. The summed E-state index contributed by atoms with van der Waals surface area (Å²) in [6.45, 7) is 8.58. The quantitative estimate of drug-likeness (QED) is 0.695. The van der Waals surface area contributed by atoms with Gasteiger partial charge in [-0.3, -0.25) is 0 Å². The van der Waals surface area contributed by atoms with E-state index >= 15 is 0 Å². The van der Waals surface area contributed by atoms with E-state index in [1.54, 1.807) is 13.8 Å². The fourth-order valence-electron chi connectivity index (χ4n) is 1.13. The van der Waals surface area contributed by atoms with Crippen LogP contribution in [0.4, 0.5) is 0 Å². The summed E-state index contributed by atoms with van der Waals surface area (Å²) >= 11 is 0. The lowest BCUT2D eigenvalue weighted by molar-refractivity contribution is 0.326. The van der Waals surface area contributed by atoms with E-state index < -0.39 is 10.0 Å². The highest BCUT2D eigenvalue weighted by Gasteiger charge is 2.22. The summed E-state index contributed by atoms with van der Waals surface area (Å²) in [4.78, 5) is 0. The van der Waals surface area contributed by atoms with E-state index in [0.29, 0.717) is 13.1 Å². The molecule has 0 rings (SSSR count). The summed E-state index contributed by atoms with van der Waals surface area (Å²) < 4.78 is 25.7. The predicted molar refractivity (Wildman–Crippen MR) is 64.1 cm³/mol. The number of hydrogen-bond acceptors (Lipinski definition) is 3. The minimum atomic E-state index is -3.14. The monoisotopic (exact) mass is 236 g/mol. The Morgan fingerprint density at radius 2 is 1.87 bits per heavy atom. The van der Waals surface area contributed by atoms with Crippen LogP contribution in [0.3, 0.4) is 0 Å². The van der Waals surface area contributed by atoms with E-state index in [4.69, 9.17) is 5.73 Å². The van der Waals surface area contributed by atoms with Crippen LogP contribution in [0.15, 0.2) is 0 Å². The second kappa shape index (κ2) is 5.82. The minimum Gasteiger partial charge on any atom is -0.330 e. The molecule has 0 saturated heterocycles. The van der Waals surface area contributed by atoms with Crippen molar-refractivity contribution in [3.8, 4) is 0 Å². The molecular formula is C10H24N2O2S. The van der Waals surface area contributed by atoms with E-state index in [1.807, 2.05) is 13.8 Å². The number of rotatable bonds is 7. The lowest BCUT2D eigenvalue weighted by Crippen LogP contribution is -2.38. The maximum absolute atomic E-state index is 11.5. The average Bonchev–Trinajstić information content (AvgIpc) is 2.12. The number of nitrogens with two attached hydrogens (primary N) is 1. The molecule has 0 bridgehead atoms. The highest BCUT2D eigenvalue weighted by atomic mass is 32.2. The van der Waals surface area contributed by atoms with Gasteiger partial charge in [-0.25, -0.2) is 13.1 Å². The Hall–Kier alpha value is -0.130. The third-order valence-corrected chi connectivity index (χ3v) is 4.22. The highest BCUT2D eigenvalue weighted by molar-refractivity contribution is 7.90. The minimum absolute atomic E-state index is 0.0265. The Kier molecular flexibility index (Phi) is 5.77. The Bertz CT molecular complexity index is 271. The van der Waals surface area contributed by atoms with E-state index in [-0.39, 0.29) is 10.7 Å². The lowest BCUT2D eigenvalue weighted by atomic mass is 9.88. The molecule has 0 aromatic carbocycles. The van der Waals surface area contributed by atoms with Gasteiger partial charge >= 0.3 is 0 Å². The van der Waals surface area contributed by atoms with Crippen molar-refractivity contribution in [1.29, 1.82) is 0 Å². The molecule has 4 nitrogen and oxygen atoms in total. The van der Waals surface area contributed by atoms with Gasteiger partial charge in [-0.05, 0) is 38.6 Å². The molecule has 0 fully saturated rings. The molecule has 0 radical (unpaired) electrons. The molecule has 0 unspecified atom stereocenters. The van der Waals surface area contributed by atoms with Crippen LogP contribution in [0.1, 0.15) is 40.5 Å². The summed E-state index contributed by atoms with van der Waals surface area (Å²) in [5.41, 5.74) is 5.40. The first-order valence-corrected chi connectivity index (χ1v) is 6.94. The van der Waals surface area contributed by atoms with Crippen molar-refractivity contribution < 1.29 is 8.42 Å². The van der Waals surface area contributed by atoms with Gasteiger partial charge in [0.1, 0.15) is 0 Å². The zero-order chi connectivity index (χ0) is 12.1. The van der Waals surface area contributed by atoms with Gasteiger partial charge < -0.3 is 5.73 Å². The normalized spacial score (nSPS) is 13.5. The van der Waals surface area contributed by atoms with E-state index in [2.05, 4.69) is 4.72 Å². The number of sulfonamides is 1. The molecular weight excluding hydrogens is 212 g/mol. The second-order valence-corrected chi connectivity index (χ2v) is 7.29. The third-order valence-electron chi connectivity index (χ3n) is 2.43. The smallest absolute Gasteiger partial charge is 0.213 e. The summed E-state index contributed by atoms with van der Waals surface area (Å²) in [7, 11) is -3.14. The Morgan fingerprint density at radius 1 is 1.33 bits per heavy atom. The van der Waals surface area contributed by atoms with Crippen LogP contribution in [-0.2, 0) is 10.0 Å².